The van der Waals surface area contributed by atoms with Gasteiger partial charge >= 0.3 is 0 Å². The van der Waals surface area contributed by atoms with Crippen LogP contribution in [0.25, 0.3) is 11.4 Å². The van der Waals surface area contributed by atoms with Crippen LogP contribution in [-0.4, -0.2) is 10.1 Å². The molecule has 6 heteroatoms. The third-order valence-electron chi connectivity index (χ3n) is 4.03. The second kappa shape index (κ2) is 6.12. The van der Waals surface area contributed by atoms with Crippen molar-refractivity contribution < 1.29 is 8.91 Å². The molecule has 2 aromatic rings. The van der Waals surface area contributed by atoms with Crippen molar-refractivity contribution in [2.24, 2.45) is 5.73 Å². The Morgan fingerprint density at radius 1 is 1.24 bits per heavy atom. The highest BCUT2D eigenvalue weighted by Gasteiger charge is 2.35. The molecule has 0 unspecified atom stereocenters. The Morgan fingerprint density at radius 2 is 1.95 bits per heavy atom. The first-order valence-corrected chi connectivity index (χ1v) is 6.98. The highest BCUT2D eigenvalue weighted by atomic mass is 35.5. The fourth-order valence-corrected chi connectivity index (χ4v) is 2.67. The molecule has 1 aromatic carbocycles. The predicted molar refractivity (Wildman–Crippen MR) is 80.6 cm³/mol. The zero-order valence-electron chi connectivity index (χ0n) is 11.9. The van der Waals surface area contributed by atoms with E-state index in [0.717, 1.165) is 25.7 Å². The Kier molecular flexibility index (Phi) is 4.64. The lowest BCUT2D eigenvalue weighted by atomic mass is 9.82. The van der Waals surface area contributed by atoms with Gasteiger partial charge < -0.3 is 10.3 Å². The van der Waals surface area contributed by atoms with Crippen LogP contribution < -0.4 is 5.73 Å². The van der Waals surface area contributed by atoms with Gasteiger partial charge in [0.15, 0.2) is 0 Å². The number of rotatable bonds is 2. The summed E-state index contributed by atoms with van der Waals surface area (Å²) in [4.78, 5) is 4.38. The number of aryl methyl sites for hydroxylation is 1. The van der Waals surface area contributed by atoms with E-state index in [1.807, 2.05) is 0 Å². The molecule has 0 radical (unpaired) electrons. The maximum atomic E-state index is 13.6. The topological polar surface area (TPSA) is 64.9 Å². The molecule has 1 saturated carbocycles. The van der Waals surface area contributed by atoms with Crippen molar-refractivity contribution in [2.45, 2.75) is 44.6 Å². The third kappa shape index (κ3) is 3.09. The molecule has 0 atom stereocenters. The van der Waals surface area contributed by atoms with Crippen molar-refractivity contribution >= 4 is 12.4 Å². The lowest BCUT2D eigenvalue weighted by Crippen LogP contribution is -2.38. The van der Waals surface area contributed by atoms with Gasteiger partial charge in [-0.15, -0.1) is 12.4 Å². The van der Waals surface area contributed by atoms with Gasteiger partial charge in [0.2, 0.25) is 11.7 Å². The van der Waals surface area contributed by atoms with Gasteiger partial charge in [0, 0.05) is 5.56 Å². The number of halogens is 2. The number of nitrogens with two attached hydrogens (primary N) is 1. The maximum absolute atomic E-state index is 13.6. The minimum Gasteiger partial charge on any atom is -0.337 e. The zero-order chi connectivity index (χ0) is 14.2. The van der Waals surface area contributed by atoms with E-state index in [0.29, 0.717) is 22.8 Å². The van der Waals surface area contributed by atoms with Crippen LogP contribution in [-0.2, 0) is 5.54 Å². The molecule has 0 amide bonds. The van der Waals surface area contributed by atoms with Crippen molar-refractivity contribution in [2.75, 3.05) is 0 Å². The molecular weight excluding hydrogens is 293 g/mol. The average molecular weight is 312 g/mol. The fourth-order valence-electron chi connectivity index (χ4n) is 2.67. The van der Waals surface area contributed by atoms with Crippen LogP contribution in [0.1, 0.15) is 43.6 Å². The highest BCUT2D eigenvalue weighted by molar-refractivity contribution is 5.85. The second-order valence-corrected chi connectivity index (χ2v) is 5.60. The average Bonchev–Trinajstić information content (AvgIpc) is 2.93. The van der Waals surface area contributed by atoms with E-state index in [1.165, 1.54) is 12.5 Å². The van der Waals surface area contributed by atoms with Crippen molar-refractivity contribution in [3.63, 3.8) is 0 Å². The third-order valence-corrected chi connectivity index (χ3v) is 4.03. The summed E-state index contributed by atoms with van der Waals surface area (Å²) in [5, 5.41) is 3.94. The van der Waals surface area contributed by atoms with Crippen LogP contribution in [0.2, 0.25) is 0 Å². The van der Waals surface area contributed by atoms with Gasteiger partial charge in [-0.05, 0) is 31.4 Å². The van der Waals surface area contributed by atoms with Crippen LogP contribution in [0.5, 0.6) is 0 Å². The summed E-state index contributed by atoms with van der Waals surface area (Å²) in [6, 6.07) is 4.92. The summed E-state index contributed by atoms with van der Waals surface area (Å²) in [5.41, 5.74) is 7.05. The van der Waals surface area contributed by atoms with Gasteiger partial charge in [-0.25, -0.2) is 4.39 Å². The number of hydrogen-bond donors (Lipinski definition) is 1. The minimum atomic E-state index is -0.521. The van der Waals surface area contributed by atoms with E-state index in [1.54, 1.807) is 19.1 Å². The molecule has 1 fully saturated rings. The molecule has 4 nitrogen and oxygen atoms in total. The molecular formula is C15H19ClFN3O. The SMILES string of the molecule is Cc1ccc(-c2noc(C3(N)CCCCC3)n2)cc1F.Cl. The van der Waals surface area contributed by atoms with Crippen molar-refractivity contribution in [3.8, 4) is 11.4 Å². The second-order valence-electron chi connectivity index (χ2n) is 5.60. The summed E-state index contributed by atoms with van der Waals surface area (Å²) in [6.07, 6.45) is 5.07. The van der Waals surface area contributed by atoms with E-state index in [2.05, 4.69) is 10.1 Å². The van der Waals surface area contributed by atoms with Crippen LogP contribution >= 0.6 is 12.4 Å². The van der Waals surface area contributed by atoms with E-state index >= 15 is 0 Å². The largest absolute Gasteiger partial charge is 0.337 e. The van der Waals surface area contributed by atoms with E-state index < -0.39 is 5.54 Å². The van der Waals surface area contributed by atoms with E-state index in [9.17, 15) is 4.39 Å². The Hall–Kier alpha value is -1.46. The first-order chi connectivity index (χ1) is 9.58. The van der Waals surface area contributed by atoms with Crippen molar-refractivity contribution in [1.82, 2.24) is 10.1 Å². The molecule has 1 heterocycles. The lowest BCUT2D eigenvalue weighted by molar-refractivity contribution is 0.220. The molecule has 114 valence electrons. The first kappa shape index (κ1) is 15.9. The fraction of sp³-hybridized carbons (Fsp3) is 0.467. The summed E-state index contributed by atoms with van der Waals surface area (Å²) in [5.74, 6) is 0.594. The highest BCUT2D eigenvalue weighted by Crippen LogP contribution is 2.34. The summed E-state index contributed by atoms with van der Waals surface area (Å²) < 4.78 is 18.9. The Bertz CT molecular complexity index is 623. The minimum absolute atomic E-state index is 0. The summed E-state index contributed by atoms with van der Waals surface area (Å²) in [7, 11) is 0. The van der Waals surface area contributed by atoms with Crippen molar-refractivity contribution in [3.05, 3.63) is 35.5 Å². The van der Waals surface area contributed by atoms with Crippen LogP contribution in [0.3, 0.4) is 0 Å². The van der Waals surface area contributed by atoms with Crippen LogP contribution in [0.15, 0.2) is 22.7 Å². The molecule has 0 bridgehead atoms. The van der Waals surface area contributed by atoms with Crippen molar-refractivity contribution in [1.29, 1.82) is 0 Å². The summed E-state index contributed by atoms with van der Waals surface area (Å²) >= 11 is 0. The monoisotopic (exact) mass is 311 g/mol. The normalized spacial score (nSPS) is 17.3. The smallest absolute Gasteiger partial charge is 0.247 e. The Labute approximate surface area is 129 Å². The van der Waals surface area contributed by atoms with Gasteiger partial charge in [0.25, 0.3) is 0 Å². The molecule has 1 aromatic heterocycles. The van der Waals surface area contributed by atoms with Crippen LogP contribution in [0.4, 0.5) is 4.39 Å². The van der Waals surface area contributed by atoms with Crippen LogP contribution in [0, 0.1) is 12.7 Å². The van der Waals surface area contributed by atoms with Gasteiger partial charge in [-0.2, -0.15) is 4.98 Å². The molecule has 0 spiro atoms. The molecule has 2 N–H and O–H groups in total. The standard InChI is InChI=1S/C15H18FN3O.ClH/c1-10-5-6-11(9-12(10)16)13-18-14(20-19-13)15(17)7-3-2-4-8-15;/h5-6,9H,2-4,7-8,17H2,1H3;1H. The van der Waals surface area contributed by atoms with Gasteiger partial charge in [0.05, 0.1) is 5.54 Å². The maximum Gasteiger partial charge on any atom is 0.247 e. The molecule has 3 rings (SSSR count). The first-order valence-electron chi connectivity index (χ1n) is 6.98. The molecule has 0 saturated heterocycles. The van der Waals surface area contributed by atoms with Gasteiger partial charge in [-0.3, -0.25) is 0 Å². The zero-order valence-corrected chi connectivity index (χ0v) is 12.8. The number of aromatic nitrogens is 2. The molecule has 1 aliphatic carbocycles. The number of benzene rings is 1. The quantitative estimate of drug-likeness (QED) is 0.918. The number of hydrogen-bond acceptors (Lipinski definition) is 4. The Balaban J connectivity index is 0.00000161. The number of nitrogens with zero attached hydrogens (tertiary/aromatic N) is 2. The molecule has 1 aliphatic rings. The van der Waals surface area contributed by atoms with E-state index in [4.69, 9.17) is 10.3 Å². The Morgan fingerprint density at radius 3 is 2.62 bits per heavy atom. The van der Waals surface area contributed by atoms with Gasteiger partial charge in [0.1, 0.15) is 5.82 Å². The van der Waals surface area contributed by atoms with E-state index in [-0.39, 0.29) is 18.2 Å². The molecule has 0 aliphatic heterocycles. The predicted octanol–water partition coefficient (Wildman–Crippen LogP) is 3.72. The van der Waals surface area contributed by atoms with Gasteiger partial charge in [-0.1, -0.05) is 36.6 Å². The lowest BCUT2D eigenvalue weighted by Gasteiger charge is -2.29. The summed E-state index contributed by atoms with van der Waals surface area (Å²) in [6.45, 7) is 1.72. The molecule has 21 heavy (non-hydrogen) atoms.